The molecule has 1 aromatic heterocycles. The molecule has 1 heterocycles. The summed E-state index contributed by atoms with van der Waals surface area (Å²) < 4.78 is 5.43. The molecule has 0 saturated carbocycles. The summed E-state index contributed by atoms with van der Waals surface area (Å²) in [5.41, 5.74) is 3.53. The van der Waals surface area contributed by atoms with E-state index in [0.717, 1.165) is 5.56 Å². The van der Waals surface area contributed by atoms with Crippen molar-refractivity contribution in [3.8, 4) is 11.5 Å². The van der Waals surface area contributed by atoms with Crippen LogP contribution in [0, 0.1) is 13.8 Å². The van der Waals surface area contributed by atoms with E-state index < -0.39 is 0 Å². The summed E-state index contributed by atoms with van der Waals surface area (Å²) in [6, 6.07) is 6.35. The molecule has 0 aliphatic carbocycles. The lowest BCUT2D eigenvalue weighted by molar-refractivity contribution is 0.532. The average Bonchev–Trinajstić information content (AvgIpc) is 2.64. The van der Waals surface area contributed by atoms with Crippen molar-refractivity contribution in [2.24, 2.45) is 0 Å². The van der Waals surface area contributed by atoms with Crippen LogP contribution in [0.1, 0.15) is 36.8 Å². The number of rotatable bonds is 2. The first-order valence-corrected chi connectivity index (χ1v) is 5.49. The predicted molar refractivity (Wildman–Crippen MR) is 63.3 cm³/mol. The standard InChI is InChI=1S/C13H16N2O/c1-8(2)11-5-6-12(9(3)7-11)13-15-14-10(4)16-13/h5-8H,1-4H3. The molecule has 0 unspecified atom stereocenters. The number of hydrogen-bond acceptors (Lipinski definition) is 3. The molecule has 2 rings (SSSR count). The lowest BCUT2D eigenvalue weighted by Crippen LogP contribution is -1.90. The zero-order valence-electron chi connectivity index (χ0n) is 10.1. The van der Waals surface area contributed by atoms with E-state index in [2.05, 4.69) is 49.2 Å². The van der Waals surface area contributed by atoms with Gasteiger partial charge in [-0.1, -0.05) is 26.0 Å². The summed E-state index contributed by atoms with van der Waals surface area (Å²) in [7, 11) is 0. The summed E-state index contributed by atoms with van der Waals surface area (Å²) in [6.45, 7) is 8.24. The Balaban J connectivity index is 2.44. The van der Waals surface area contributed by atoms with Gasteiger partial charge in [-0.3, -0.25) is 0 Å². The number of benzene rings is 1. The smallest absolute Gasteiger partial charge is 0.247 e. The van der Waals surface area contributed by atoms with E-state index in [1.165, 1.54) is 11.1 Å². The number of aryl methyl sites for hydroxylation is 2. The third-order valence-corrected chi connectivity index (χ3v) is 2.67. The SMILES string of the molecule is Cc1nnc(-c2ccc(C(C)C)cc2C)o1. The first-order chi connectivity index (χ1) is 7.58. The molecular weight excluding hydrogens is 200 g/mol. The molecule has 0 saturated heterocycles. The van der Waals surface area contributed by atoms with Crippen molar-refractivity contribution < 1.29 is 4.42 Å². The Labute approximate surface area is 95.5 Å². The highest BCUT2D eigenvalue weighted by molar-refractivity contribution is 5.58. The maximum absolute atomic E-state index is 5.43. The van der Waals surface area contributed by atoms with Gasteiger partial charge in [0.2, 0.25) is 11.8 Å². The van der Waals surface area contributed by atoms with Gasteiger partial charge in [0.1, 0.15) is 0 Å². The molecule has 0 bridgehead atoms. The van der Waals surface area contributed by atoms with E-state index >= 15 is 0 Å². The quantitative estimate of drug-likeness (QED) is 0.771. The fourth-order valence-corrected chi connectivity index (χ4v) is 1.69. The highest BCUT2D eigenvalue weighted by Crippen LogP contribution is 2.25. The van der Waals surface area contributed by atoms with Gasteiger partial charge in [0, 0.05) is 12.5 Å². The molecule has 3 nitrogen and oxygen atoms in total. The second-order valence-electron chi connectivity index (χ2n) is 4.36. The van der Waals surface area contributed by atoms with Crippen LogP contribution < -0.4 is 0 Å². The van der Waals surface area contributed by atoms with Crippen molar-refractivity contribution in [1.29, 1.82) is 0 Å². The third kappa shape index (κ3) is 1.98. The monoisotopic (exact) mass is 216 g/mol. The van der Waals surface area contributed by atoms with Crippen LogP contribution >= 0.6 is 0 Å². The molecular formula is C13H16N2O. The Morgan fingerprint density at radius 1 is 1.12 bits per heavy atom. The highest BCUT2D eigenvalue weighted by Gasteiger charge is 2.10. The first kappa shape index (κ1) is 10.9. The highest BCUT2D eigenvalue weighted by atomic mass is 16.4. The molecule has 0 amide bonds. The Morgan fingerprint density at radius 2 is 1.88 bits per heavy atom. The van der Waals surface area contributed by atoms with Crippen LogP contribution in [0.4, 0.5) is 0 Å². The van der Waals surface area contributed by atoms with Gasteiger partial charge in [-0.2, -0.15) is 0 Å². The van der Waals surface area contributed by atoms with Gasteiger partial charge in [-0.05, 0) is 30.0 Å². The molecule has 84 valence electrons. The van der Waals surface area contributed by atoms with Crippen molar-refractivity contribution in [1.82, 2.24) is 10.2 Å². The molecule has 0 aliphatic heterocycles. The van der Waals surface area contributed by atoms with Crippen LogP contribution in [0.3, 0.4) is 0 Å². The zero-order valence-corrected chi connectivity index (χ0v) is 10.1. The molecule has 0 radical (unpaired) electrons. The average molecular weight is 216 g/mol. The molecule has 16 heavy (non-hydrogen) atoms. The summed E-state index contributed by atoms with van der Waals surface area (Å²) in [6.07, 6.45) is 0. The summed E-state index contributed by atoms with van der Waals surface area (Å²) in [4.78, 5) is 0. The fourth-order valence-electron chi connectivity index (χ4n) is 1.69. The van der Waals surface area contributed by atoms with Crippen molar-refractivity contribution in [3.05, 3.63) is 35.2 Å². The molecule has 0 fully saturated rings. The maximum Gasteiger partial charge on any atom is 0.247 e. The largest absolute Gasteiger partial charge is 0.421 e. The van der Waals surface area contributed by atoms with Crippen LogP contribution in [0.5, 0.6) is 0 Å². The lowest BCUT2D eigenvalue weighted by atomic mass is 9.98. The normalized spacial score (nSPS) is 11.1. The Morgan fingerprint density at radius 3 is 2.38 bits per heavy atom. The number of nitrogens with zero attached hydrogens (tertiary/aromatic N) is 2. The third-order valence-electron chi connectivity index (χ3n) is 2.67. The van der Waals surface area contributed by atoms with Gasteiger partial charge in [-0.25, -0.2) is 0 Å². The van der Waals surface area contributed by atoms with Crippen LogP contribution in [0.2, 0.25) is 0 Å². The first-order valence-electron chi connectivity index (χ1n) is 5.49. The Bertz CT molecular complexity index is 500. The van der Waals surface area contributed by atoms with E-state index in [-0.39, 0.29) is 0 Å². The van der Waals surface area contributed by atoms with Gasteiger partial charge in [-0.15, -0.1) is 10.2 Å². The van der Waals surface area contributed by atoms with Gasteiger partial charge in [0.15, 0.2) is 0 Å². The van der Waals surface area contributed by atoms with E-state index in [9.17, 15) is 0 Å². The molecule has 0 N–H and O–H groups in total. The zero-order chi connectivity index (χ0) is 11.7. The summed E-state index contributed by atoms with van der Waals surface area (Å²) in [5, 5.41) is 7.88. The van der Waals surface area contributed by atoms with Crippen molar-refractivity contribution >= 4 is 0 Å². The summed E-state index contributed by atoms with van der Waals surface area (Å²) in [5.74, 6) is 1.74. The minimum Gasteiger partial charge on any atom is -0.421 e. The van der Waals surface area contributed by atoms with Gasteiger partial charge >= 0.3 is 0 Å². The molecule has 0 atom stereocenters. The van der Waals surface area contributed by atoms with E-state index in [4.69, 9.17) is 4.42 Å². The molecule has 1 aromatic carbocycles. The van der Waals surface area contributed by atoms with E-state index in [0.29, 0.717) is 17.7 Å². The van der Waals surface area contributed by atoms with Crippen molar-refractivity contribution in [3.63, 3.8) is 0 Å². The van der Waals surface area contributed by atoms with Crippen LogP contribution in [0.25, 0.3) is 11.5 Å². The Kier molecular flexibility index (Phi) is 2.77. The number of hydrogen-bond donors (Lipinski definition) is 0. The van der Waals surface area contributed by atoms with Crippen LogP contribution in [0.15, 0.2) is 22.6 Å². The van der Waals surface area contributed by atoms with Gasteiger partial charge < -0.3 is 4.42 Å². The molecule has 2 aromatic rings. The summed E-state index contributed by atoms with van der Waals surface area (Å²) >= 11 is 0. The molecule has 0 aliphatic rings. The second-order valence-corrected chi connectivity index (χ2v) is 4.36. The Hall–Kier alpha value is -1.64. The van der Waals surface area contributed by atoms with Gasteiger partial charge in [0.25, 0.3) is 0 Å². The van der Waals surface area contributed by atoms with Gasteiger partial charge in [0.05, 0.1) is 0 Å². The van der Waals surface area contributed by atoms with Crippen molar-refractivity contribution in [2.45, 2.75) is 33.6 Å². The lowest BCUT2D eigenvalue weighted by Gasteiger charge is -2.08. The molecule has 3 heteroatoms. The minimum absolute atomic E-state index is 0.539. The van der Waals surface area contributed by atoms with E-state index in [1.807, 2.05) is 0 Å². The maximum atomic E-state index is 5.43. The topological polar surface area (TPSA) is 38.9 Å². The minimum atomic E-state index is 0.539. The van der Waals surface area contributed by atoms with E-state index in [1.54, 1.807) is 6.92 Å². The fraction of sp³-hybridized carbons (Fsp3) is 0.385. The predicted octanol–water partition coefficient (Wildman–Crippen LogP) is 3.48. The van der Waals surface area contributed by atoms with Crippen LogP contribution in [-0.4, -0.2) is 10.2 Å². The van der Waals surface area contributed by atoms with Crippen LogP contribution in [-0.2, 0) is 0 Å². The second kappa shape index (κ2) is 4.08. The molecule has 0 spiro atoms. The van der Waals surface area contributed by atoms with Crippen molar-refractivity contribution in [2.75, 3.05) is 0 Å². The number of aromatic nitrogens is 2.